The minimum Gasteiger partial charge on any atom is -0.381 e. The highest BCUT2D eigenvalue weighted by Gasteiger charge is 2.05. The Hall–Kier alpha value is -2.01. The van der Waals surface area contributed by atoms with E-state index in [-0.39, 0.29) is 0 Å². The quantitative estimate of drug-likeness (QED) is 0.642. The predicted octanol–water partition coefficient (Wildman–Crippen LogP) is 5.09. The maximum atomic E-state index is 12.3. The van der Waals surface area contributed by atoms with E-state index >= 15 is 0 Å². The molecule has 2 aromatic carbocycles. The van der Waals surface area contributed by atoms with Gasteiger partial charge in [-0.1, -0.05) is 23.9 Å². The van der Waals surface area contributed by atoms with Gasteiger partial charge in [-0.3, -0.25) is 0 Å². The Morgan fingerprint density at radius 3 is 2.62 bits per heavy atom. The van der Waals surface area contributed by atoms with Crippen molar-refractivity contribution in [2.75, 3.05) is 5.32 Å². The molecule has 0 radical (unpaired) electrons. The predicted molar refractivity (Wildman–Crippen MR) is 83.9 cm³/mol. The van der Waals surface area contributed by atoms with E-state index in [1.165, 1.54) is 10.9 Å². The second-order valence-corrected chi connectivity index (χ2v) is 5.68. The summed E-state index contributed by atoms with van der Waals surface area (Å²) < 4.78 is 24.5. The fraction of sp³-hybridized carbons (Fsp3) is 0.125. The van der Waals surface area contributed by atoms with Crippen molar-refractivity contribution in [3.63, 3.8) is 0 Å². The molecule has 5 heteroatoms. The van der Waals surface area contributed by atoms with Crippen molar-refractivity contribution in [3.8, 4) is 0 Å². The largest absolute Gasteiger partial charge is 0.381 e. The molecule has 2 N–H and O–H groups in total. The maximum Gasteiger partial charge on any atom is 0.288 e. The van der Waals surface area contributed by atoms with Crippen LogP contribution in [0.1, 0.15) is 5.56 Å². The lowest BCUT2D eigenvalue weighted by molar-refractivity contribution is 0.252. The number of thioether (sulfide) groups is 1. The molecule has 2 nitrogen and oxygen atoms in total. The summed E-state index contributed by atoms with van der Waals surface area (Å²) >= 11 is 0.559. The number of halogens is 2. The molecule has 0 unspecified atom stereocenters. The number of aromatic nitrogens is 1. The van der Waals surface area contributed by atoms with E-state index in [1.54, 1.807) is 12.1 Å². The molecule has 0 saturated heterocycles. The van der Waals surface area contributed by atoms with Crippen molar-refractivity contribution in [1.29, 1.82) is 0 Å². The number of benzene rings is 2. The van der Waals surface area contributed by atoms with E-state index in [0.717, 1.165) is 11.2 Å². The zero-order chi connectivity index (χ0) is 14.7. The fourth-order valence-electron chi connectivity index (χ4n) is 2.26. The third-order valence-electron chi connectivity index (χ3n) is 3.25. The van der Waals surface area contributed by atoms with Gasteiger partial charge in [0.15, 0.2) is 0 Å². The molecule has 1 heterocycles. The highest BCUT2D eigenvalue weighted by molar-refractivity contribution is 7.99. The molecular weight excluding hydrogens is 290 g/mol. The summed E-state index contributed by atoms with van der Waals surface area (Å²) in [7, 11) is 0. The van der Waals surface area contributed by atoms with Gasteiger partial charge in [-0.25, -0.2) is 0 Å². The Balaban J connectivity index is 1.68. The highest BCUT2D eigenvalue weighted by atomic mass is 32.2. The standard InChI is InChI=1S/C16H14F2N2S/c17-16(18)21-13-6-4-12(5-7-13)20-10-11-2-1-3-15-14(11)8-9-19-15/h1-9,16,19-20H,10H2. The molecule has 3 aromatic rings. The summed E-state index contributed by atoms with van der Waals surface area (Å²) in [4.78, 5) is 3.75. The number of aromatic amines is 1. The van der Waals surface area contributed by atoms with Crippen LogP contribution in [0.2, 0.25) is 0 Å². The number of H-pyrrole nitrogens is 1. The number of fused-ring (bicyclic) bond motifs is 1. The topological polar surface area (TPSA) is 27.8 Å². The number of anilines is 1. The van der Waals surface area contributed by atoms with Gasteiger partial charge in [-0.05, 0) is 42.0 Å². The number of alkyl halides is 2. The summed E-state index contributed by atoms with van der Waals surface area (Å²) in [6.45, 7) is 0.691. The highest BCUT2D eigenvalue weighted by Crippen LogP contribution is 2.26. The number of hydrogen-bond donors (Lipinski definition) is 2. The van der Waals surface area contributed by atoms with Crippen LogP contribution in [-0.4, -0.2) is 10.7 Å². The Bertz CT molecular complexity index is 722. The van der Waals surface area contributed by atoms with E-state index in [9.17, 15) is 8.78 Å². The average Bonchev–Trinajstić information content (AvgIpc) is 2.95. The summed E-state index contributed by atoms with van der Waals surface area (Å²) in [5.74, 6) is -2.38. The summed E-state index contributed by atoms with van der Waals surface area (Å²) in [6.07, 6.45) is 1.92. The average molecular weight is 304 g/mol. The SMILES string of the molecule is FC(F)Sc1ccc(NCc2cccc3[nH]ccc23)cc1. The van der Waals surface area contributed by atoms with Crippen molar-refractivity contribution in [3.05, 3.63) is 60.3 Å². The summed E-state index contributed by atoms with van der Waals surface area (Å²) in [6, 6.07) is 15.2. The number of rotatable bonds is 5. The Morgan fingerprint density at radius 1 is 1.05 bits per heavy atom. The third-order valence-corrected chi connectivity index (χ3v) is 3.97. The van der Waals surface area contributed by atoms with E-state index in [0.29, 0.717) is 23.2 Å². The first kappa shape index (κ1) is 13.9. The number of hydrogen-bond acceptors (Lipinski definition) is 2. The second-order valence-electron chi connectivity index (χ2n) is 4.61. The molecule has 0 amide bonds. The molecule has 0 aliphatic heterocycles. The zero-order valence-electron chi connectivity index (χ0n) is 11.1. The maximum absolute atomic E-state index is 12.3. The van der Waals surface area contributed by atoms with Crippen LogP contribution in [0, 0.1) is 0 Å². The van der Waals surface area contributed by atoms with Crippen LogP contribution in [0.4, 0.5) is 14.5 Å². The Labute approximate surface area is 125 Å². The van der Waals surface area contributed by atoms with Gasteiger partial charge in [0.25, 0.3) is 5.76 Å². The molecule has 0 aliphatic carbocycles. The monoisotopic (exact) mass is 304 g/mol. The van der Waals surface area contributed by atoms with Gasteiger partial charge in [0.1, 0.15) is 0 Å². The molecule has 0 saturated carbocycles. The van der Waals surface area contributed by atoms with E-state index < -0.39 is 5.76 Å². The molecule has 0 atom stereocenters. The van der Waals surface area contributed by atoms with Crippen LogP contribution >= 0.6 is 11.8 Å². The zero-order valence-corrected chi connectivity index (χ0v) is 12.0. The van der Waals surface area contributed by atoms with Crippen molar-refractivity contribution < 1.29 is 8.78 Å². The minimum absolute atomic E-state index is 0.559. The minimum atomic E-state index is -2.38. The van der Waals surface area contributed by atoms with Crippen LogP contribution in [0.15, 0.2) is 59.6 Å². The Morgan fingerprint density at radius 2 is 1.86 bits per heavy atom. The van der Waals surface area contributed by atoms with Gasteiger partial charge < -0.3 is 10.3 Å². The lowest BCUT2D eigenvalue weighted by Crippen LogP contribution is -1.99. The Kier molecular flexibility index (Phi) is 4.10. The van der Waals surface area contributed by atoms with Crippen molar-refractivity contribution >= 4 is 28.4 Å². The molecule has 0 bridgehead atoms. The van der Waals surface area contributed by atoms with Crippen molar-refractivity contribution in [2.24, 2.45) is 0 Å². The van der Waals surface area contributed by atoms with Crippen molar-refractivity contribution in [2.45, 2.75) is 17.2 Å². The van der Waals surface area contributed by atoms with Crippen LogP contribution in [0.3, 0.4) is 0 Å². The normalized spacial score (nSPS) is 11.2. The van der Waals surface area contributed by atoms with E-state index in [2.05, 4.69) is 22.4 Å². The van der Waals surface area contributed by atoms with Crippen LogP contribution in [0.25, 0.3) is 10.9 Å². The van der Waals surface area contributed by atoms with Crippen LogP contribution < -0.4 is 5.32 Å². The smallest absolute Gasteiger partial charge is 0.288 e. The van der Waals surface area contributed by atoms with Gasteiger partial charge in [0.2, 0.25) is 0 Å². The van der Waals surface area contributed by atoms with Gasteiger partial charge in [-0.15, -0.1) is 0 Å². The van der Waals surface area contributed by atoms with Crippen LogP contribution in [0.5, 0.6) is 0 Å². The lowest BCUT2D eigenvalue weighted by atomic mass is 10.1. The second kappa shape index (κ2) is 6.18. The molecule has 0 aliphatic rings. The summed E-state index contributed by atoms with van der Waals surface area (Å²) in [5, 5.41) is 4.50. The molecule has 108 valence electrons. The van der Waals surface area contributed by atoms with E-state index in [4.69, 9.17) is 0 Å². The third kappa shape index (κ3) is 3.36. The molecular formula is C16H14F2N2S. The molecule has 3 rings (SSSR count). The van der Waals surface area contributed by atoms with Gasteiger partial charge in [-0.2, -0.15) is 8.78 Å². The first-order valence-electron chi connectivity index (χ1n) is 6.56. The van der Waals surface area contributed by atoms with Gasteiger partial charge >= 0.3 is 0 Å². The first-order valence-corrected chi connectivity index (χ1v) is 7.44. The molecule has 0 fully saturated rings. The van der Waals surface area contributed by atoms with Gasteiger partial charge in [0, 0.05) is 34.2 Å². The molecule has 1 aromatic heterocycles. The van der Waals surface area contributed by atoms with Gasteiger partial charge in [0.05, 0.1) is 0 Å². The van der Waals surface area contributed by atoms with Crippen molar-refractivity contribution in [1.82, 2.24) is 4.98 Å². The first-order chi connectivity index (χ1) is 10.2. The number of nitrogens with one attached hydrogen (secondary N) is 2. The van der Waals surface area contributed by atoms with Crippen LogP contribution in [-0.2, 0) is 6.54 Å². The van der Waals surface area contributed by atoms with E-state index in [1.807, 2.05) is 30.5 Å². The molecule has 21 heavy (non-hydrogen) atoms. The summed E-state index contributed by atoms with van der Waals surface area (Å²) in [5.41, 5.74) is 3.22. The molecule has 0 spiro atoms. The lowest BCUT2D eigenvalue weighted by Gasteiger charge is -2.08. The fourth-order valence-corrected chi connectivity index (χ4v) is 2.76.